The van der Waals surface area contributed by atoms with Gasteiger partial charge in [-0.1, -0.05) is 18.2 Å². The molecule has 18 heavy (non-hydrogen) atoms. The maximum atomic E-state index is 11.9. The Morgan fingerprint density at radius 3 is 2.72 bits per heavy atom. The largest absolute Gasteiger partial charge is 0.484 e. The number of nitrogens with zero attached hydrogens (tertiary/aromatic N) is 1. The number of rotatable bonds is 7. The molecule has 0 aliphatic heterocycles. The topological polar surface area (TPSA) is 49.8 Å². The first-order valence-electron chi connectivity index (χ1n) is 6.26. The summed E-state index contributed by atoms with van der Waals surface area (Å²) in [6.45, 7) is 5.22. The minimum absolute atomic E-state index is 0.0458. The van der Waals surface area contributed by atoms with E-state index < -0.39 is 0 Å². The molecule has 0 saturated carbocycles. The van der Waals surface area contributed by atoms with Crippen LogP contribution in [0.2, 0.25) is 0 Å². The molecule has 1 aromatic rings. The maximum Gasteiger partial charge on any atom is 0.260 e. The summed E-state index contributed by atoms with van der Waals surface area (Å²) in [6, 6.07) is 7.62. The van der Waals surface area contributed by atoms with Crippen molar-refractivity contribution in [1.82, 2.24) is 4.90 Å². The molecule has 0 spiro atoms. The van der Waals surface area contributed by atoms with Crippen molar-refractivity contribution in [2.24, 2.45) is 0 Å². The van der Waals surface area contributed by atoms with Gasteiger partial charge in [-0.3, -0.25) is 4.79 Å². The zero-order valence-electron chi connectivity index (χ0n) is 11.1. The number of ether oxygens (including phenoxy) is 1. The van der Waals surface area contributed by atoms with E-state index in [9.17, 15) is 4.79 Å². The first-order chi connectivity index (χ1) is 8.69. The van der Waals surface area contributed by atoms with E-state index in [2.05, 4.69) is 0 Å². The van der Waals surface area contributed by atoms with Gasteiger partial charge in [0.1, 0.15) is 5.75 Å². The number of benzene rings is 1. The van der Waals surface area contributed by atoms with Gasteiger partial charge in [0.15, 0.2) is 6.61 Å². The molecule has 4 nitrogen and oxygen atoms in total. The van der Waals surface area contributed by atoms with Gasteiger partial charge in [0.2, 0.25) is 0 Å². The van der Waals surface area contributed by atoms with Crippen LogP contribution in [0.5, 0.6) is 5.75 Å². The second kappa shape index (κ2) is 7.71. The molecular weight excluding hydrogens is 230 g/mol. The average Bonchev–Trinajstić information content (AvgIpc) is 2.38. The summed E-state index contributed by atoms with van der Waals surface area (Å²) >= 11 is 0. The fraction of sp³-hybridized carbons (Fsp3) is 0.500. The van der Waals surface area contributed by atoms with Crippen molar-refractivity contribution >= 4 is 5.91 Å². The maximum absolute atomic E-state index is 11.9. The van der Waals surface area contributed by atoms with E-state index in [4.69, 9.17) is 9.84 Å². The summed E-state index contributed by atoms with van der Waals surface area (Å²) < 4.78 is 5.51. The predicted octanol–water partition coefficient (Wildman–Crippen LogP) is 1.60. The number of aliphatic hydroxyl groups excluding tert-OH is 1. The van der Waals surface area contributed by atoms with Crippen molar-refractivity contribution in [3.05, 3.63) is 29.8 Å². The second-order valence-corrected chi connectivity index (χ2v) is 4.10. The smallest absolute Gasteiger partial charge is 0.260 e. The van der Waals surface area contributed by atoms with Gasteiger partial charge in [-0.15, -0.1) is 0 Å². The number of aliphatic hydroxyl groups is 1. The number of amides is 1. The SMILES string of the molecule is CCN(CCCO)C(=O)COc1ccccc1C. The number of hydrogen-bond donors (Lipinski definition) is 1. The number of carbonyl (C=O) groups excluding carboxylic acids is 1. The van der Waals surface area contributed by atoms with Crippen molar-refractivity contribution in [3.8, 4) is 5.75 Å². The summed E-state index contributed by atoms with van der Waals surface area (Å²) in [5.41, 5.74) is 1.02. The minimum atomic E-state index is -0.0470. The number of aryl methyl sites for hydroxylation is 1. The molecule has 0 atom stereocenters. The van der Waals surface area contributed by atoms with Crippen LogP contribution < -0.4 is 4.74 Å². The lowest BCUT2D eigenvalue weighted by Gasteiger charge is -2.20. The molecule has 0 unspecified atom stereocenters. The van der Waals surface area contributed by atoms with E-state index in [0.29, 0.717) is 19.5 Å². The molecule has 1 N–H and O–H groups in total. The van der Waals surface area contributed by atoms with Gasteiger partial charge in [0.25, 0.3) is 5.91 Å². The van der Waals surface area contributed by atoms with Crippen LogP contribution in [0, 0.1) is 6.92 Å². The quantitative estimate of drug-likeness (QED) is 0.801. The first kappa shape index (κ1) is 14.5. The van der Waals surface area contributed by atoms with Gasteiger partial charge in [-0.25, -0.2) is 0 Å². The summed E-state index contributed by atoms with van der Waals surface area (Å²) in [4.78, 5) is 13.6. The van der Waals surface area contributed by atoms with Crippen molar-refractivity contribution < 1.29 is 14.6 Å². The number of likely N-dealkylation sites (N-methyl/N-ethyl adjacent to an activating group) is 1. The lowest BCUT2D eigenvalue weighted by molar-refractivity contribution is -0.133. The van der Waals surface area contributed by atoms with Gasteiger partial charge >= 0.3 is 0 Å². The third kappa shape index (κ3) is 4.37. The Kier molecular flexibility index (Phi) is 6.22. The van der Waals surface area contributed by atoms with E-state index in [1.54, 1.807) is 4.90 Å². The van der Waals surface area contributed by atoms with E-state index in [1.807, 2.05) is 38.1 Å². The van der Waals surface area contributed by atoms with Crippen LogP contribution in [0.25, 0.3) is 0 Å². The second-order valence-electron chi connectivity index (χ2n) is 4.10. The molecule has 100 valence electrons. The van der Waals surface area contributed by atoms with Crippen LogP contribution >= 0.6 is 0 Å². The lowest BCUT2D eigenvalue weighted by atomic mass is 10.2. The molecule has 0 saturated heterocycles. The zero-order valence-corrected chi connectivity index (χ0v) is 11.1. The zero-order chi connectivity index (χ0) is 13.4. The number of hydrogen-bond acceptors (Lipinski definition) is 3. The van der Waals surface area contributed by atoms with Crippen LogP contribution in [-0.4, -0.2) is 42.2 Å². The van der Waals surface area contributed by atoms with Gasteiger partial charge in [0.05, 0.1) is 0 Å². The van der Waals surface area contributed by atoms with Crippen molar-refractivity contribution in [3.63, 3.8) is 0 Å². The van der Waals surface area contributed by atoms with Crippen molar-refractivity contribution in [2.45, 2.75) is 20.3 Å². The summed E-state index contributed by atoms with van der Waals surface area (Å²) in [7, 11) is 0. The summed E-state index contributed by atoms with van der Waals surface area (Å²) in [6.07, 6.45) is 0.601. The average molecular weight is 251 g/mol. The lowest BCUT2D eigenvalue weighted by Crippen LogP contribution is -2.35. The molecule has 0 aliphatic rings. The summed E-state index contributed by atoms with van der Waals surface area (Å²) in [5, 5.41) is 8.77. The highest BCUT2D eigenvalue weighted by Gasteiger charge is 2.12. The van der Waals surface area contributed by atoms with Crippen LogP contribution in [0.15, 0.2) is 24.3 Å². The fourth-order valence-electron chi connectivity index (χ4n) is 1.67. The molecule has 0 fully saturated rings. The Labute approximate surface area is 108 Å². The van der Waals surface area contributed by atoms with Crippen LogP contribution in [0.3, 0.4) is 0 Å². The third-order valence-electron chi connectivity index (χ3n) is 2.77. The highest BCUT2D eigenvalue weighted by atomic mass is 16.5. The van der Waals surface area contributed by atoms with Crippen molar-refractivity contribution in [2.75, 3.05) is 26.3 Å². The van der Waals surface area contributed by atoms with E-state index in [-0.39, 0.29) is 19.1 Å². The number of para-hydroxylation sites is 1. The standard InChI is InChI=1S/C14H21NO3/c1-3-15(9-6-10-16)14(17)11-18-13-8-5-4-7-12(13)2/h4-5,7-8,16H,3,6,9-11H2,1-2H3. The van der Waals surface area contributed by atoms with E-state index in [0.717, 1.165) is 11.3 Å². The highest BCUT2D eigenvalue weighted by molar-refractivity contribution is 5.77. The van der Waals surface area contributed by atoms with Crippen molar-refractivity contribution in [1.29, 1.82) is 0 Å². The molecule has 0 aliphatic carbocycles. The van der Waals surface area contributed by atoms with E-state index >= 15 is 0 Å². The molecule has 1 rings (SSSR count). The van der Waals surface area contributed by atoms with E-state index in [1.165, 1.54) is 0 Å². The third-order valence-corrected chi connectivity index (χ3v) is 2.77. The van der Waals surface area contributed by atoms with Crippen LogP contribution in [0.1, 0.15) is 18.9 Å². The Hall–Kier alpha value is -1.55. The number of carbonyl (C=O) groups is 1. The molecule has 1 amide bonds. The molecule has 0 radical (unpaired) electrons. The van der Waals surface area contributed by atoms with Crippen LogP contribution in [-0.2, 0) is 4.79 Å². The Morgan fingerprint density at radius 2 is 2.11 bits per heavy atom. The Morgan fingerprint density at radius 1 is 1.39 bits per heavy atom. The van der Waals surface area contributed by atoms with Gasteiger partial charge < -0.3 is 14.7 Å². The fourth-order valence-corrected chi connectivity index (χ4v) is 1.67. The van der Waals surface area contributed by atoms with Gasteiger partial charge in [0, 0.05) is 19.7 Å². The molecule has 0 bridgehead atoms. The summed E-state index contributed by atoms with van der Waals surface area (Å²) in [5.74, 6) is 0.693. The molecule has 1 aromatic carbocycles. The Bertz CT molecular complexity index is 379. The molecule has 4 heteroatoms. The van der Waals surface area contributed by atoms with Gasteiger partial charge in [-0.05, 0) is 31.9 Å². The normalized spacial score (nSPS) is 10.2. The minimum Gasteiger partial charge on any atom is -0.484 e. The molecule has 0 heterocycles. The molecule has 0 aromatic heterocycles. The molecular formula is C14H21NO3. The Balaban J connectivity index is 2.47. The van der Waals surface area contributed by atoms with Crippen LogP contribution in [0.4, 0.5) is 0 Å². The predicted molar refractivity (Wildman–Crippen MR) is 70.6 cm³/mol. The van der Waals surface area contributed by atoms with Gasteiger partial charge in [-0.2, -0.15) is 0 Å². The monoisotopic (exact) mass is 251 g/mol. The first-order valence-corrected chi connectivity index (χ1v) is 6.26. The highest BCUT2D eigenvalue weighted by Crippen LogP contribution is 2.16.